The number of nitrogens with zero attached hydrogens (tertiary/aromatic N) is 4. The van der Waals surface area contributed by atoms with Crippen molar-refractivity contribution in [1.29, 1.82) is 0 Å². The maximum absolute atomic E-state index is 12.3. The van der Waals surface area contributed by atoms with Crippen molar-refractivity contribution in [2.24, 2.45) is 10.1 Å². The van der Waals surface area contributed by atoms with Crippen molar-refractivity contribution in [3.63, 3.8) is 0 Å². The Labute approximate surface area is 175 Å². The number of sulfonamides is 1. The minimum atomic E-state index is -3.49. The second-order valence-electron chi connectivity index (χ2n) is 7.55. The van der Waals surface area contributed by atoms with Crippen LogP contribution in [0, 0.1) is 13.8 Å². The van der Waals surface area contributed by atoms with Crippen molar-refractivity contribution in [3.05, 3.63) is 47.3 Å². The quantitative estimate of drug-likeness (QED) is 0.787. The minimum absolute atomic E-state index is 0.224. The Balaban J connectivity index is 1.55. The Hall–Kier alpha value is -2.10. The van der Waals surface area contributed by atoms with E-state index in [1.54, 1.807) is 36.0 Å². The number of aromatic nitrogens is 1. The lowest BCUT2D eigenvalue weighted by Gasteiger charge is -2.16. The van der Waals surface area contributed by atoms with E-state index in [0.29, 0.717) is 16.9 Å². The third-order valence-electron chi connectivity index (χ3n) is 5.17. The lowest BCUT2D eigenvalue weighted by molar-refractivity contribution is 0.521. The summed E-state index contributed by atoms with van der Waals surface area (Å²) in [6.45, 7) is 4.31. The minimum Gasteiger partial charge on any atom is -0.345 e. The van der Waals surface area contributed by atoms with E-state index >= 15 is 0 Å². The Bertz CT molecular complexity index is 1110. The number of amidine groups is 1. The van der Waals surface area contributed by atoms with E-state index in [1.807, 2.05) is 0 Å². The van der Waals surface area contributed by atoms with Gasteiger partial charge in [0.1, 0.15) is 0 Å². The van der Waals surface area contributed by atoms with E-state index in [0.717, 1.165) is 11.5 Å². The van der Waals surface area contributed by atoms with Crippen molar-refractivity contribution < 1.29 is 8.42 Å². The predicted octanol–water partition coefficient (Wildman–Crippen LogP) is 3.42. The van der Waals surface area contributed by atoms with Crippen LogP contribution < -0.4 is 5.43 Å². The molecule has 4 rings (SSSR count). The van der Waals surface area contributed by atoms with Crippen LogP contribution in [0.5, 0.6) is 0 Å². The SMILES string of the molecule is Cc1cc(C2=NNC(=Nc3cccc(S(=O)(=O)N(C)C)c3)SC2)c(C)n1C1CC1. The van der Waals surface area contributed by atoms with Crippen molar-refractivity contribution >= 4 is 38.4 Å². The van der Waals surface area contributed by atoms with Gasteiger partial charge in [0.25, 0.3) is 0 Å². The Morgan fingerprint density at radius 3 is 2.62 bits per heavy atom. The highest BCUT2D eigenvalue weighted by molar-refractivity contribution is 8.14. The van der Waals surface area contributed by atoms with Crippen molar-refractivity contribution in [1.82, 2.24) is 14.3 Å². The number of benzene rings is 1. The maximum Gasteiger partial charge on any atom is 0.242 e. The van der Waals surface area contributed by atoms with Gasteiger partial charge in [0, 0.05) is 42.8 Å². The molecule has 0 unspecified atom stereocenters. The van der Waals surface area contributed by atoms with Gasteiger partial charge in [-0.1, -0.05) is 17.8 Å². The first-order valence-electron chi connectivity index (χ1n) is 9.53. The second-order valence-corrected chi connectivity index (χ2v) is 10.7. The van der Waals surface area contributed by atoms with E-state index in [2.05, 4.69) is 40.0 Å². The first-order valence-corrected chi connectivity index (χ1v) is 12.0. The standard InChI is InChI=1S/C20H25N5O2S2/c1-13-10-18(14(2)25(13)16-8-9-16)19-12-28-20(23-22-19)21-15-6-5-7-17(11-15)29(26,27)24(3)4/h5-7,10-11,16H,8-9,12H2,1-4H3,(H,21,23). The smallest absolute Gasteiger partial charge is 0.242 e. The third kappa shape index (κ3) is 3.99. The first-order chi connectivity index (χ1) is 13.8. The maximum atomic E-state index is 12.3. The molecule has 1 aromatic heterocycles. The van der Waals surface area contributed by atoms with Crippen LogP contribution in [0.3, 0.4) is 0 Å². The van der Waals surface area contributed by atoms with Crippen molar-refractivity contribution in [2.75, 3.05) is 19.8 Å². The summed E-state index contributed by atoms with van der Waals surface area (Å²) in [7, 11) is -0.453. The molecule has 0 amide bonds. The highest BCUT2D eigenvalue weighted by Gasteiger charge is 2.28. The van der Waals surface area contributed by atoms with Gasteiger partial charge >= 0.3 is 0 Å². The molecule has 2 aliphatic rings. The summed E-state index contributed by atoms with van der Waals surface area (Å²) in [6.07, 6.45) is 2.52. The number of aryl methyl sites for hydroxylation is 1. The van der Waals surface area contributed by atoms with Crippen LogP contribution in [0.4, 0.5) is 5.69 Å². The van der Waals surface area contributed by atoms with E-state index in [9.17, 15) is 8.42 Å². The number of rotatable bonds is 5. The molecule has 1 aliphatic carbocycles. The first kappa shape index (κ1) is 20.2. The molecule has 1 N–H and O–H groups in total. The van der Waals surface area contributed by atoms with Crippen LogP contribution in [0.15, 0.2) is 45.3 Å². The fourth-order valence-electron chi connectivity index (χ4n) is 3.52. The predicted molar refractivity (Wildman–Crippen MR) is 119 cm³/mol. The molecular formula is C20H25N5O2S2. The average Bonchev–Trinajstić information content (AvgIpc) is 3.47. The molecule has 2 aromatic rings. The van der Waals surface area contributed by atoms with Gasteiger partial charge in [-0.25, -0.2) is 17.7 Å². The van der Waals surface area contributed by atoms with Gasteiger partial charge in [-0.2, -0.15) is 5.10 Å². The summed E-state index contributed by atoms with van der Waals surface area (Å²) >= 11 is 1.57. The molecule has 29 heavy (non-hydrogen) atoms. The molecule has 1 saturated carbocycles. The zero-order valence-corrected chi connectivity index (χ0v) is 18.6. The van der Waals surface area contributed by atoms with Crippen molar-refractivity contribution in [2.45, 2.75) is 37.6 Å². The summed E-state index contributed by atoms with van der Waals surface area (Å²) in [4.78, 5) is 4.76. The van der Waals surface area contributed by atoms with E-state index in [-0.39, 0.29) is 4.90 Å². The largest absolute Gasteiger partial charge is 0.345 e. The molecule has 0 atom stereocenters. The topological polar surface area (TPSA) is 79.1 Å². The molecular weight excluding hydrogens is 406 g/mol. The van der Waals surface area contributed by atoms with Gasteiger partial charge in [0.05, 0.1) is 16.3 Å². The average molecular weight is 432 g/mol. The van der Waals surface area contributed by atoms with Crippen LogP contribution in [-0.4, -0.2) is 48.0 Å². The molecule has 0 saturated heterocycles. The molecule has 2 heterocycles. The molecule has 9 heteroatoms. The summed E-state index contributed by atoms with van der Waals surface area (Å²) < 4.78 is 28.3. The van der Waals surface area contributed by atoms with E-state index < -0.39 is 10.0 Å². The Kier molecular flexibility index (Phi) is 5.30. The van der Waals surface area contributed by atoms with Gasteiger partial charge in [0.15, 0.2) is 5.17 Å². The number of hydrogen-bond donors (Lipinski definition) is 1. The summed E-state index contributed by atoms with van der Waals surface area (Å²) in [5.41, 5.74) is 8.36. The van der Waals surface area contributed by atoms with Crippen LogP contribution >= 0.6 is 11.8 Å². The lowest BCUT2D eigenvalue weighted by atomic mass is 10.1. The van der Waals surface area contributed by atoms with Gasteiger partial charge in [-0.3, -0.25) is 5.43 Å². The fourth-order valence-corrected chi connectivity index (χ4v) is 5.23. The fraction of sp³-hybridized carbons (Fsp3) is 0.400. The van der Waals surface area contributed by atoms with Crippen LogP contribution in [-0.2, 0) is 10.0 Å². The van der Waals surface area contributed by atoms with Crippen molar-refractivity contribution in [3.8, 4) is 0 Å². The van der Waals surface area contributed by atoms with Gasteiger partial charge in [0.2, 0.25) is 10.0 Å². The molecule has 0 radical (unpaired) electrons. The summed E-state index contributed by atoms with van der Waals surface area (Å²) in [5.74, 6) is 0.719. The highest BCUT2D eigenvalue weighted by atomic mass is 32.2. The van der Waals surface area contributed by atoms with Gasteiger partial charge in [-0.05, 0) is 51.0 Å². The number of nitrogens with one attached hydrogen (secondary N) is 1. The van der Waals surface area contributed by atoms with Crippen LogP contribution in [0.25, 0.3) is 0 Å². The lowest BCUT2D eigenvalue weighted by Crippen LogP contribution is -2.25. The van der Waals surface area contributed by atoms with E-state index in [4.69, 9.17) is 0 Å². The summed E-state index contributed by atoms with van der Waals surface area (Å²) in [6, 6.07) is 9.50. The third-order valence-corrected chi connectivity index (χ3v) is 7.85. The Morgan fingerprint density at radius 1 is 1.24 bits per heavy atom. The molecule has 7 nitrogen and oxygen atoms in total. The number of thioether (sulfide) groups is 1. The number of hydrazone groups is 1. The molecule has 1 fully saturated rings. The van der Waals surface area contributed by atoms with Crippen LogP contribution in [0.2, 0.25) is 0 Å². The molecule has 0 spiro atoms. The zero-order chi connectivity index (χ0) is 20.8. The molecule has 0 bridgehead atoms. The number of hydrogen-bond acceptors (Lipinski definition) is 5. The Morgan fingerprint density at radius 2 is 2.00 bits per heavy atom. The monoisotopic (exact) mass is 431 g/mol. The van der Waals surface area contributed by atoms with Gasteiger partial charge < -0.3 is 4.57 Å². The number of aliphatic imine (C=N–C) groups is 1. The van der Waals surface area contributed by atoms with Gasteiger partial charge in [-0.15, -0.1) is 0 Å². The second kappa shape index (κ2) is 7.62. The molecule has 154 valence electrons. The zero-order valence-electron chi connectivity index (χ0n) is 17.0. The van der Waals surface area contributed by atoms with Crippen LogP contribution in [0.1, 0.15) is 35.8 Å². The highest BCUT2D eigenvalue weighted by Crippen LogP contribution is 2.38. The molecule has 1 aliphatic heterocycles. The van der Waals surface area contributed by atoms with E-state index in [1.165, 1.54) is 48.2 Å². The molecule has 1 aromatic carbocycles. The normalized spacial score (nSPS) is 18.8. The summed E-state index contributed by atoms with van der Waals surface area (Å²) in [5, 5.41) is 5.20.